The molecule has 3 rings (SSSR count). The van der Waals surface area contributed by atoms with Crippen molar-refractivity contribution in [3.05, 3.63) is 70.8 Å². The molecule has 0 spiro atoms. The Labute approximate surface area is 145 Å². The van der Waals surface area contributed by atoms with Crippen LogP contribution >= 0.6 is 0 Å². The summed E-state index contributed by atoms with van der Waals surface area (Å²) in [6.45, 7) is 2.78. The number of benzene rings is 2. The average Bonchev–Trinajstić information content (AvgIpc) is 2.60. The van der Waals surface area contributed by atoms with Crippen LogP contribution in [0.25, 0.3) is 0 Å². The Bertz CT molecular complexity index is 733. The SMILES string of the molecule is Cc1cc(F)cc(C(=O)N2CCC(C(O)c3ccc(F)cc3)CC2)c1. The Hall–Kier alpha value is -2.27. The lowest BCUT2D eigenvalue weighted by molar-refractivity contribution is 0.0462. The molecule has 1 heterocycles. The summed E-state index contributed by atoms with van der Waals surface area (Å²) in [4.78, 5) is 14.2. The predicted octanol–water partition coefficient (Wildman–Crippen LogP) is 3.86. The molecule has 0 bridgehead atoms. The van der Waals surface area contributed by atoms with Gasteiger partial charge in [0.05, 0.1) is 6.10 Å². The van der Waals surface area contributed by atoms with Crippen molar-refractivity contribution in [2.24, 2.45) is 5.92 Å². The second-order valence-electron chi connectivity index (χ2n) is 6.64. The summed E-state index contributed by atoms with van der Waals surface area (Å²) >= 11 is 0. The molecule has 1 unspecified atom stereocenters. The quantitative estimate of drug-likeness (QED) is 0.918. The molecule has 1 aliphatic rings. The molecule has 0 aromatic heterocycles. The Morgan fingerprint density at radius 1 is 1.08 bits per heavy atom. The molecule has 1 aliphatic heterocycles. The van der Waals surface area contributed by atoms with E-state index in [-0.39, 0.29) is 17.6 Å². The molecule has 0 aliphatic carbocycles. The molecule has 0 saturated carbocycles. The van der Waals surface area contributed by atoms with Crippen LogP contribution < -0.4 is 0 Å². The molecule has 3 nitrogen and oxygen atoms in total. The first-order valence-corrected chi connectivity index (χ1v) is 8.44. The highest BCUT2D eigenvalue weighted by Gasteiger charge is 2.28. The first-order valence-electron chi connectivity index (χ1n) is 8.44. The van der Waals surface area contributed by atoms with E-state index in [2.05, 4.69) is 0 Å². The zero-order valence-electron chi connectivity index (χ0n) is 14.1. The van der Waals surface area contributed by atoms with Crippen LogP contribution in [-0.4, -0.2) is 29.0 Å². The molecule has 25 heavy (non-hydrogen) atoms. The number of amides is 1. The number of aliphatic hydroxyl groups is 1. The Balaban J connectivity index is 1.63. The van der Waals surface area contributed by atoms with E-state index in [1.165, 1.54) is 24.3 Å². The molecular weight excluding hydrogens is 324 g/mol. The minimum Gasteiger partial charge on any atom is -0.388 e. The molecular formula is C20H21F2NO2. The van der Waals surface area contributed by atoms with Crippen LogP contribution in [0.1, 0.15) is 40.4 Å². The third kappa shape index (κ3) is 4.04. The second kappa shape index (κ2) is 7.31. The van der Waals surface area contributed by atoms with Crippen molar-refractivity contribution in [3.63, 3.8) is 0 Å². The van der Waals surface area contributed by atoms with Gasteiger partial charge in [-0.2, -0.15) is 0 Å². The highest BCUT2D eigenvalue weighted by Crippen LogP contribution is 2.31. The summed E-state index contributed by atoms with van der Waals surface area (Å²) in [5, 5.41) is 10.5. The van der Waals surface area contributed by atoms with E-state index in [1.54, 1.807) is 30.0 Å². The monoisotopic (exact) mass is 345 g/mol. The first-order chi connectivity index (χ1) is 11.9. The van der Waals surface area contributed by atoms with Gasteiger partial charge in [0.2, 0.25) is 0 Å². The number of aryl methyl sites for hydroxylation is 1. The van der Waals surface area contributed by atoms with Crippen molar-refractivity contribution in [2.75, 3.05) is 13.1 Å². The fourth-order valence-electron chi connectivity index (χ4n) is 3.39. The number of piperidine rings is 1. The van der Waals surface area contributed by atoms with Gasteiger partial charge in [0, 0.05) is 18.7 Å². The average molecular weight is 345 g/mol. The van der Waals surface area contributed by atoms with Gasteiger partial charge in [0.25, 0.3) is 5.91 Å². The Morgan fingerprint density at radius 3 is 2.32 bits per heavy atom. The van der Waals surface area contributed by atoms with Crippen LogP contribution in [-0.2, 0) is 0 Å². The largest absolute Gasteiger partial charge is 0.388 e. The van der Waals surface area contributed by atoms with Crippen LogP contribution in [0, 0.1) is 24.5 Å². The van der Waals surface area contributed by atoms with Crippen molar-refractivity contribution in [1.29, 1.82) is 0 Å². The predicted molar refractivity (Wildman–Crippen MR) is 91.1 cm³/mol. The molecule has 1 saturated heterocycles. The molecule has 132 valence electrons. The topological polar surface area (TPSA) is 40.5 Å². The van der Waals surface area contributed by atoms with Crippen molar-refractivity contribution in [2.45, 2.75) is 25.9 Å². The van der Waals surface area contributed by atoms with Crippen LogP contribution in [0.4, 0.5) is 8.78 Å². The fourth-order valence-corrected chi connectivity index (χ4v) is 3.39. The molecule has 1 amide bonds. The highest BCUT2D eigenvalue weighted by atomic mass is 19.1. The smallest absolute Gasteiger partial charge is 0.253 e. The number of aliphatic hydroxyl groups excluding tert-OH is 1. The molecule has 0 radical (unpaired) electrons. The van der Waals surface area contributed by atoms with E-state index in [0.717, 1.165) is 0 Å². The minimum absolute atomic E-state index is 0.0174. The van der Waals surface area contributed by atoms with Gasteiger partial charge in [0.15, 0.2) is 0 Å². The van der Waals surface area contributed by atoms with E-state index in [9.17, 15) is 18.7 Å². The van der Waals surface area contributed by atoms with Gasteiger partial charge in [-0.1, -0.05) is 12.1 Å². The summed E-state index contributed by atoms with van der Waals surface area (Å²) in [5.41, 5.74) is 1.76. The molecule has 5 heteroatoms. The second-order valence-corrected chi connectivity index (χ2v) is 6.64. The van der Waals surface area contributed by atoms with E-state index in [1.807, 2.05) is 0 Å². The van der Waals surface area contributed by atoms with Crippen molar-refractivity contribution < 1.29 is 18.7 Å². The van der Waals surface area contributed by atoms with Crippen molar-refractivity contribution in [3.8, 4) is 0 Å². The summed E-state index contributed by atoms with van der Waals surface area (Å²) in [7, 11) is 0. The number of likely N-dealkylation sites (tertiary alicyclic amines) is 1. The Morgan fingerprint density at radius 2 is 1.72 bits per heavy atom. The maximum absolute atomic E-state index is 13.5. The summed E-state index contributed by atoms with van der Waals surface area (Å²) in [6.07, 6.45) is 0.631. The summed E-state index contributed by atoms with van der Waals surface area (Å²) in [6, 6.07) is 10.2. The molecule has 2 aromatic carbocycles. The fraction of sp³-hybridized carbons (Fsp3) is 0.350. The number of halogens is 2. The van der Waals surface area contributed by atoms with Crippen LogP contribution in [0.3, 0.4) is 0 Å². The van der Waals surface area contributed by atoms with E-state index in [0.29, 0.717) is 42.6 Å². The third-order valence-electron chi connectivity index (χ3n) is 4.77. The molecule has 1 fully saturated rings. The maximum Gasteiger partial charge on any atom is 0.253 e. The van der Waals surface area contributed by atoms with Crippen molar-refractivity contribution >= 4 is 5.91 Å². The van der Waals surface area contributed by atoms with Crippen LogP contribution in [0.15, 0.2) is 42.5 Å². The van der Waals surface area contributed by atoms with E-state index in [4.69, 9.17) is 0 Å². The van der Waals surface area contributed by atoms with Gasteiger partial charge in [-0.3, -0.25) is 4.79 Å². The Kier molecular flexibility index (Phi) is 5.13. The standard InChI is InChI=1S/C20H21F2NO2/c1-13-10-16(12-18(22)11-13)20(25)23-8-6-15(7-9-23)19(24)14-2-4-17(21)5-3-14/h2-5,10-12,15,19,24H,6-9H2,1H3. The number of nitrogens with zero attached hydrogens (tertiary/aromatic N) is 1. The van der Waals surface area contributed by atoms with Gasteiger partial charge < -0.3 is 10.0 Å². The number of carbonyl (C=O) groups excluding carboxylic acids is 1. The van der Waals surface area contributed by atoms with Crippen molar-refractivity contribution in [1.82, 2.24) is 4.90 Å². The number of hydrogen-bond donors (Lipinski definition) is 1. The normalized spacial score (nSPS) is 16.7. The van der Waals surface area contributed by atoms with Gasteiger partial charge in [-0.15, -0.1) is 0 Å². The zero-order chi connectivity index (χ0) is 18.0. The zero-order valence-corrected chi connectivity index (χ0v) is 14.1. The lowest BCUT2D eigenvalue weighted by Crippen LogP contribution is -2.39. The van der Waals surface area contributed by atoms with Crippen LogP contribution in [0.5, 0.6) is 0 Å². The van der Waals surface area contributed by atoms with E-state index < -0.39 is 11.9 Å². The van der Waals surface area contributed by atoms with E-state index >= 15 is 0 Å². The summed E-state index contributed by atoms with van der Waals surface area (Å²) in [5.74, 6) is -0.909. The number of hydrogen-bond acceptors (Lipinski definition) is 2. The van der Waals surface area contributed by atoms with Gasteiger partial charge in [-0.05, 0) is 67.1 Å². The third-order valence-corrected chi connectivity index (χ3v) is 4.77. The first kappa shape index (κ1) is 17.5. The van der Waals surface area contributed by atoms with Gasteiger partial charge in [-0.25, -0.2) is 8.78 Å². The molecule has 1 N–H and O–H groups in total. The lowest BCUT2D eigenvalue weighted by atomic mass is 9.87. The number of carbonyl (C=O) groups is 1. The van der Waals surface area contributed by atoms with Gasteiger partial charge >= 0.3 is 0 Å². The molecule has 1 atom stereocenters. The minimum atomic E-state index is -0.672. The maximum atomic E-state index is 13.5. The van der Waals surface area contributed by atoms with Gasteiger partial charge in [0.1, 0.15) is 11.6 Å². The van der Waals surface area contributed by atoms with Crippen LogP contribution in [0.2, 0.25) is 0 Å². The highest BCUT2D eigenvalue weighted by molar-refractivity contribution is 5.94. The summed E-state index contributed by atoms with van der Waals surface area (Å²) < 4.78 is 26.5. The molecule has 2 aromatic rings. The number of rotatable bonds is 3. The lowest BCUT2D eigenvalue weighted by Gasteiger charge is -2.34.